The van der Waals surface area contributed by atoms with E-state index in [2.05, 4.69) is 21.0 Å². The molecule has 0 saturated heterocycles. The molecule has 3 aromatic rings. The molecule has 2 N–H and O–H groups in total. The number of pyridine rings is 1. The third-order valence-corrected chi connectivity index (χ3v) is 3.02. The summed E-state index contributed by atoms with van der Waals surface area (Å²) in [4.78, 5) is 27.5. The second kappa shape index (κ2) is 6.04. The fourth-order valence-corrected chi connectivity index (χ4v) is 1.96. The van der Waals surface area contributed by atoms with Gasteiger partial charge >= 0.3 is 0 Å². The zero-order valence-electron chi connectivity index (χ0n) is 11.4. The molecule has 2 amide bonds. The summed E-state index contributed by atoms with van der Waals surface area (Å²) in [5.41, 5.74) is 6.15. The molecule has 2 aromatic heterocycles. The molecule has 110 valence electrons. The molecule has 0 radical (unpaired) electrons. The minimum Gasteiger partial charge on any atom is -0.356 e. The third kappa shape index (κ3) is 2.93. The lowest BCUT2D eigenvalue weighted by atomic mass is 10.2. The summed E-state index contributed by atoms with van der Waals surface area (Å²) in [7, 11) is 0. The van der Waals surface area contributed by atoms with Crippen molar-refractivity contribution in [2.75, 3.05) is 0 Å². The van der Waals surface area contributed by atoms with E-state index in [1.807, 2.05) is 18.2 Å². The standard InChI is InChI=1S/C15H12N4O3/c20-14(17-18-15(21)10-4-3-7-16-9-10)8-12-11-5-1-2-6-13(11)22-19-12/h1-7,9H,8H2,(H,17,20)(H,18,21). The Morgan fingerprint density at radius 2 is 1.95 bits per heavy atom. The summed E-state index contributed by atoms with van der Waals surface area (Å²) >= 11 is 0. The van der Waals surface area contributed by atoms with Crippen LogP contribution in [0.5, 0.6) is 0 Å². The van der Waals surface area contributed by atoms with Crippen LogP contribution in [0.15, 0.2) is 53.3 Å². The normalized spacial score (nSPS) is 10.4. The van der Waals surface area contributed by atoms with E-state index in [-0.39, 0.29) is 6.42 Å². The maximum atomic E-state index is 11.9. The Labute approximate surface area is 125 Å². The Bertz CT molecular complexity index is 814. The molecule has 0 atom stereocenters. The topological polar surface area (TPSA) is 97.1 Å². The van der Waals surface area contributed by atoms with Gasteiger partial charge in [-0.15, -0.1) is 0 Å². The molecule has 2 heterocycles. The number of hydrogen-bond donors (Lipinski definition) is 2. The van der Waals surface area contributed by atoms with E-state index in [1.54, 1.807) is 24.4 Å². The van der Waals surface area contributed by atoms with Gasteiger partial charge in [0.25, 0.3) is 5.91 Å². The van der Waals surface area contributed by atoms with Crippen LogP contribution in [0.1, 0.15) is 16.1 Å². The van der Waals surface area contributed by atoms with Crippen LogP contribution in [-0.4, -0.2) is 22.0 Å². The summed E-state index contributed by atoms with van der Waals surface area (Å²) < 4.78 is 5.12. The number of nitrogens with zero attached hydrogens (tertiary/aromatic N) is 2. The Balaban J connectivity index is 1.60. The van der Waals surface area contributed by atoms with E-state index < -0.39 is 11.8 Å². The highest BCUT2D eigenvalue weighted by atomic mass is 16.5. The molecule has 0 fully saturated rings. The average Bonchev–Trinajstić information content (AvgIpc) is 2.97. The zero-order valence-corrected chi connectivity index (χ0v) is 11.4. The lowest BCUT2D eigenvalue weighted by molar-refractivity contribution is -0.121. The van der Waals surface area contributed by atoms with Crippen LogP contribution in [-0.2, 0) is 11.2 Å². The Kier molecular flexibility index (Phi) is 3.78. The molecular weight excluding hydrogens is 284 g/mol. The van der Waals surface area contributed by atoms with Crippen molar-refractivity contribution in [2.24, 2.45) is 0 Å². The van der Waals surface area contributed by atoms with Crippen LogP contribution < -0.4 is 10.9 Å². The number of hydrogen-bond acceptors (Lipinski definition) is 5. The first kappa shape index (κ1) is 13.7. The number of fused-ring (bicyclic) bond motifs is 1. The Hall–Kier alpha value is -3.22. The molecular formula is C15H12N4O3. The van der Waals surface area contributed by atoms with Crippen molar-refractivity contribution in [2.45, 2.75) is 6.42 Å². The van der Waals surface area contributed by atoms with Crippen molar-refractivity contribution < 1.29 is 14.1 Å². The third-order valence-electron chi connectivity index (χ3n) is 3.02. The van der Waals surface area contributed by atoms with E-state index in [1.165, 1.54) is 6.20 Å². The molecule has 0 spiro atoms. The molecule has 0 aliphatic rings. The zero-order chi connectivity index (χ0) is 15.4. The fourth-order valence-electron chi connectivity index (χ4n) is 1.96. The van der Waals surface area contributed by atoms with Crippen molar-refractivity contribution in [1.82, 2.24) is 21.0 Å². The Morgan fingerprint density at radius 3 is 2.77 bits per heavy atom. The van der Waals surface area contributed by atoms with Crippen molar-refractivity contribution in [3.05, 3.63) is 60.0 Å². The molecule has 0 bridgehead atoms. The molecule has 7 heteroatoms. The second-order valence-electron chi connectivity index (χ2n) is 4.55. The van der Waals surface area contributed by atoms with Gasteiger partial charge in [0.2, 0.25) is 5.91 Å². The summed E-state index contributed by atoms with van der Waals surface area (Å²) in [6.07, 6.45) is 2.97. The molecule has 0 saturated carbocycles. The minimum absolute atomic E-state index is 0.00430. The van der Waals surface area contributed by atoms with Gasteiger partial charge in [0.15, 0.2) is 5.58 Å². The quantitative estimate of drug-likeness (QED) is 0.708. The van der Waals surface area contributed by atoms with E-state index >= 15 is 0 Å². The highest BCUT2D eigenvalue weighted by molar-refractivity contribution is 5.95. The smallest absolute Gasteiger partial charge is 0.271 e. The lowest BCUT2D eigenvalue weighted by Crippen LogP contribution is -2.42. The van der Waals surface area contributed by atoms with Gasteiger partial charge in [0, 0.05) is 17.8 Å². The number of para-hydroxylation sites is 1. The van der Waals surface area contributed by atoms with Crippen LogP contribution >= 0.6 is 0 Å². The van der Waals surface area contributed by atoms with Gasteiger partial charge in [0.1, 0.15) is 5.69 Å². The van der Waals surface area contributed by atoms with Crippen LogP contribution in [0, 0.1) is 0 Å². The van der Waals surface area contributed by atoms with Crippen molar-refractivity contribution >= 4 is 22.8 Å². The number of rotatable bonds is 3. The predicted molar refractivity (Wildman–Crippen MR) is 77.6 cm³/mol. The van der Waals surface area contributed by atoms with E-state index in [0.29, 0.717) is 16.8 Å². The molecule has 7 nitrogen and oxygen atoms in total. The maximum Gasteiger partial charge on any atom is 0.271 e. The first-order chi connectivity index (χ1) is 10.7. The van der Waals surface area contributed by atoms with Crippen LogP contribution in [0.2, 0.25) is 0 Å². The van der Waals surface area contributed by atoms with Crippen LogP contribution in [0.3, 0.4) is 0 Å². The van der Waals surface area contributed by atoms with Gasteiger partial charge in [-0.25, -0.2) is 0 Å². The van der Waals surface area contributed by atoms with Crippen LogP contribution in [0.4, 0.5) is 0 Å². The van der Waals surface area contributed by atoms with Gasteiger partial charge in [-0.1, -0.05) is 17.3 Å². The van der Waals surface area contributed by atoms with Gasteiger partial charge in [-0.2, -0.15) is 0 Å². The van der Waals surface area contributed by atoms with Crippen molar-refractivity contribution in [1.29, 1.82) is 0 Å². The summed E-state index contributed by atoms with van der Waals surface area (Å²) in [5, 5.41) is 4.64. The Morgan fingerprint density at radius 1 is 1.09 bits per heavy atom. The number of hydrazine groups is 1. The first-order valence-electron chi connectivity index (χ1n) is 6.56. The van der Waals surface area contributed by atoms with Crippen molar-refractivity contribution in [3.63, 3.8) is 0 Å². The average molecular weight is 296 g/mol. The highest BCUT2D eigenvalue weighted by Crippen LogP contribution is 2.17. The summed E-state index contributed by atoms with van der Waals surface area (Å²) in [5.74, 6) is -0.831. The van der Waals surface area contributed by atoms with Gasteiger partial charge in [0.05, 0.1) is 12.0 Å². The number of carbonyl (C=O) groups is 2. The molecule has 1 aromatic carbocycles. The number of nitrogens with one attached hydrogen (secondary N) is 2. The molecule has 3 rings (SSSR count). The van der Waals surface area contributed by atoms with Gasteiger partial charge in [-0.05, 0) is 24.3 Å². The summed E-state index contributed by atoms with van der Waals surface area (Å²) in [6.45, 7) is 0. The number of amides is 2. The molecule has 0 aliphatic carbocycles. The van der Waals surface area contributed by atoms with Crippen molar-refractivity contribution in [3.8, 4) is 0 Å². The monoisotopic (exact) mass is 296 g/mol. The highest BCUT2D eigenvalue weighted by Gasteiger charge is 2.13. The second-order valence-corrected chi connectivity index (χ2v) is 4.55. The van der Waals surface area contributed by atoms with E-state index in [4.69, 9.17) is 4.52 Å². The van der Waals surface area contributed by atoms with E-state index in [9.17, 15) is 9.59 Å². The predicted octanol–water partition coefficient (Wildman–Crippen LogP) is 1.23. The number of aromatic nitrogens is 2. The van der Waals surface area contributed by atoms with Crippen LogP contribution in [0.25, 0.3) is 11.0 Å². The molecule has 22 heavy (non-hydrogen) atoms. The molecule has 0 unspecified atom stereocenters. The maximum absolute atomic E-state index is 11.9. The largest absolute Gasteiger partial charge is 0.356 e. The van der Waals surface area contributed by atoms with E-state index in [0.717, 1.165) is 5.39 Å². The van der Waals surface area contributed by atoms with Gasteiger partial charge < -0.3 is 4.52 Å². The molecule has 0 aliphatic heterocycles. The number of carbonyl (C=O) groups excluding carboxylic acids is 2. The number of benzene rings is 1. The lowest BCUT2D eigenvalue weighted by Gasteiger charge is -2.06. The fraction of sp³-hybridized carbons (Fsp3) is 0.0667. The SMILES string of the molecule is O=C(Cc1noc2ccccc12)NNC(=O)c1cccnc1. The minimum atomic E-state index is -0.438. The first-order valence-corrected chi connectivity index (χ1v) is 6.56. The summed E-state index contributed by atoms with van der Waals surface area (Å²) in [6, 6.07) is 10.5. The van der Waals surface area contributed by atoms with Gasteiger partial charge in [-0.3, -0.25) is 25.4 Å².